The lowest BCUT2D eigenvalue weighted by molar-refractivity contribution is 0.199. The summed E-state index contributed by atoms with van der Waals surface area (Å²) in [6, 6.07) is 6.63. The fraction of sp³-hybridized carbons (Fsp3) is 0.455. The van der Waals surface area contributed by atoms with E-state index in [0.717, 1.165) is 18.6 Å². The summed E-state index contributed by atoms with van der Waals surface area (Å²) < 4.78 is 27.2. The summed E-state index contributed by atoms with van der Waals surface area (Å²) in [5.74, 6) is 0. The zero-order valence-electron chi connectivity index (χ0n) is 10.5. The van der Waals surface area contributed by atoms with E-state index in [1.165, 1.54) is 21.1 Å². The predicted molar refractivity (Wildman–Crippen MR) is 74.3 cm³/mol. The summed E-state index contributed by atoms with van der Waals surface area (Å²) in [7, 11) is 0.817. The predicted octanol–water partition coefficient (Wildman–Crippen LogP) is 1.22. The minimum atomic E-state index is -3.56. The highest BCUT2D eigenvalue weighted by Crippen LogP contribution is 2.24. The van der Waals surface area contributed by atoms with Gasteiger partial charge in [-0.2, -0.15) is 17.0 Å². The molecule has 0 aromatic heterocycles. The summed E-state index contributed by atoms with van der Waals surface area (Å²) in [4.78, 5) is 0. The molecule has 102 valence electrons. The van der Waals surface area contributed by atoms with E-state index in [1.807, 2.05) is 6.07 Å². The second kappa shape index (κ2) is 6.12. The Morgan fingerprint density at radius 1 is 1.33 bits per heavy atom. The smallest absolute Gasteiger partial charge is 0.281 e. The molecule has 1 aromatic carbocycles. The average molecular weight is 337 g/mol. The quantitative estimate of drug-likeness (QED) is 0.879. The van der Waals surface area contributed by atoms with Crippen LogP contribution in [0.1, 0.15) is 11.6 Å². The van der Waals surface area contributed by atoms with Gasteiger partial charge in [0, 0.05) is 25.6 Å². The molecule has 0 saturated heterocycles. The molecule has 18 heavy (non-hydrogen) atoms. The molecule has 1 atom stereocenters. The maximum Gasteiger partial charge on any atom is 0.281 e. The Hall–Kier alpha value is -0.470. The van der Waals surface area contributed by atoms with Crippen molar-refractivity contribution in [2.75, 3.05) is 27.7 Å². The van der Waals surface area contributed by atoms with Gasteiger partial charge in [0.15, 0.2) is 0 Å². The van der Waals surface area contributed by atoms with E-state index in [2.05, 4.69) is 15.9 Å². The summed E-state index contributed by atoms with van der Waals surface area (Å²) in [5, 5.41) is 9.45. The van der Waals surface area contributed by atoms with Crippen molar-refractivity contribution in [2.24, 2.45) is 0 Å². The van der Waals surface area contributed by atoms with Crippen LogP contribution < -0.4 is 0 Å². The Kier molecular flexibility index (Phi) is 5.30. The number of hydrogen-bond donors (Lipinski definition) is 1. The second-order valence-corrected chi connectivity index (χ2v) is 7.18. The van der Waals surface area contributed by atoms with Crippen LogP contribution in [0.25, 0.3) is 0 Å². The van der Waals surface area contributed by atoms with Crippen molar-refractivity contribution in [2.45, 2.75) is 6.04 Å². The SMILES string of the molecule is CN(C)S(=O)(=O)N(C)C(CO)c1cccc(Br)c1. The monoisotopic (exact) mass is 336 g/mol. The second-order valence-electron chi connectivity index (χ2n) is 4.06. The third kappa shape index (κ3) is 3.30. The van der Waals surface area contributed by atoms with Crippen LogP contribution in [0.4, 0.5) is 0 Å². The highest BCUT2D eigenvalue weighted by atomic mass is 79.9. The zero-order chi connectivity index (χ0) is 13.9. The number of halogens is 1. The maximum absolute atomic E-state index is 12.0. The van der Waals surface area contributed by atoms with Gasteiger partial charge >= 0.3 is 0 Å². The normalized spacial score (nSPS) is 14.2. The Labute approximate surface area is 116 Å². The standard InChI is InChI=1S/C11H17BrN2O3S/c1-13(2)18(16,17)14(3)11(8-15)9-5-4-6-10(12)7-9/h4-7,11,15H,8H2,1-3H3. The summed E-state index contributed by atoms with van der Waals surface area (Å²) >= 11 is 3.33. The number of benzene rings is 1. The van der Waals surface area contributed by atoms with Crippen LogP contribution in [0.3, 0.4) is 0 Å². The van der Waals surface area contributed by atoms with Gasteiger partial charge in [-0.25, -0.2) is 0 Å². The number of aliphatic hydroxyl groups is 1. The Morgan fingerprint density at radius 2 is 1.94 bits per heavy atom. The number of nitrogens with zero attached hydrogens (tertiary/aromatic N) is 2. The first-order chi connectivity index (χ1) is 8.30. The molecule has 0 aliphatic rings. The number of likely N-dealkylation sites (N-methyl/N-ethyl adjacent to an activating group) is 1. The van der Waals surface area contributed by atoms with Crippen molar-refractivity contribution in [3.63, 3.8) is 0 Å². The van der Waals surface area contributed by atoms with Crippen LogP contribution in [0.5, 0.6) is 0 Å². The maximum atomic E-state index is 12.0. The lowest BCUT2D eigenvalue weighted by Crippen LogP contribution is -2.40. The van der Waals surface area contributed by atoms with Gasteiger partial charge in [-0.1, -0.05) is 28.1 Å². The van der Waals surface area contributed by atoms with Crippen molar-refractivity contribution in [3.8, 4) is 0 Å². The summed E-state index contributed by atoms with van der Waals surface area (Å²) in [6.07, 6.45) is 0. The molecule has 0 heterocycles. The molecule has 0 amide bonds. The van der Waals surface area contributed by atoms with Crippen molar-refractivity contribution in [1.29, 1.82) is 0 Å². The summed E-state index contributed by atoms with van der Waals surface area (Å²) in [6.45, 7) is -0.278. The molecular formula is C11H17BrN2O3S. The van der Waals surface area contributed by atoms with Crippen LogP contribution in [0.2, 0.25) is 0 Å². The molecule has 7 heteroatoms. The molecule has 1 rings (SSSR count). The van der Waals surface area contributed by atoms with Crippen molar-refractivity contribution < 1.29 is 13.5 Å². The van der Waals surface area contributed by atoms with Gasteiger partial charge in [-0.05, 0) is 17.7 Å². The largest absolute Gasteiger partial charge is 0.394 e. The fourth-order valence-corrected chi connectivity index (χ4v) is 3.00. The van der Waals surface area contributed by atoms with Crippen molar-refractivity contribution in [3.05, 3.63) is 34.3 Å². The van der Waals surface area contributed by atoms with Gasteiger partial charge in [0.05, 0.1) is 12.6 Å². The number of hydrogen-bond acceptors (Lipinski definition) is 3. The van der Waals surface area contributed by atoms with E-state index in [0.29, 0.717) is 0 Å². The van der Waals surface area contributed by atoms with E-state index >= 15 is 0 Å². The van der Waals surface area contributed by atoms with Crippen molar-refractivity contribution >= 4 is 26.1 Å². The Bertz CT molecular complexity index is 505. The molecule has 0 fully saturated rings. The lowest BCUT2D eigenvalue weighted by Gasteiger charge is -2.28. The molecule has 5 nitrogen and oxygen atoms in total. The highest BCUT2D eigenvalue weighted by molar-refractivity contribution is 9.10. The fourth-order valence-electron chi connectivity index (χ4n) is 1.56. The molecule has 0 spiro atoms. The van der Waals surface area contributed by atoms with E-state index < -0.39 is 16.3 Å². The summed E-state index contributed by atoms with van der Waals surface area (Å²) in [5.41, 5.74) is 0.736. The third-order valence-electron chi connectivity index (χ3n) is 2.67. The lowest BCUT2D eigenvalue weighted by atomic mass is 10.1. The number of aliphatic hydroxyl groups excluding tert-OH is 1. The topological polar surface area (TPSA) is 60.9 Å². The first-order valence-electron chi connectivity index (χ1n) is 5.32. The van der Waals surface area contributed by atoms with Gasteiger partial charge in [0.2, 0.25) is 0 Å². The highest BCUT2D eigenvalue weighted by Gasteiger charge is 2.28. The van der Waals surface area contributed by atoms with E-state index in [1.54, 1.807) is 18.2 Å². The van der Waals surface area contributed by atoms with Gasteiger partial charge < -0.3 is 5.11 Å². The molecule has 0 bridgehead atoms. The Balaban J connectivity index is 3.12. The molecule has 1 N–H and O–H groups in total. The molecule has 1 aromatic rings. The van der Waals surface area contributed by atoms with Crippen LogP contribution in [0.15, 0.2) is 28.7 Å². The number of rotatable bonds is 5. The van der Waals surface area contributed by atoms with Crippen LogP contribution in [-0.4, -0.2) is 49.9 Å². The first-order valence-corrected chi connectivity index (χ1v) is 7.51. The van der Waals surface area contributed by atoms with Crippen LogP contribution in [0, 0.1) is 0 Å². The third-order valence-corrected chi connectivity index (χ3v) is 5.07. The minimum Gasteiger partial charge on any atom is -0.394 e. The minimum absolute atomic E-state index is 0.278. The van der Waals surface area contributed by atoms with Gasteiger partial charge in [-0.15, -0.1) is 0 Å². The zero-order valence-corrected chi connectivity index (χ0v) is 12.9. The van der Waals surface area contributed by atoms with Crippen molar-refractivity contribution in [1.82, 2.24) is 8.61 Å². The molecular weight excluding hydrogens is 320 g/mol. The van der Waals surface area contributed by atoms with E-state index in [4.69, 9.17) is 0 Å². The Morgan fingerprint density at radius 3 is 2.39 bits per heavy atom. The van der Waals surface area contributed by atoms with Crippen LogP contribution >= 0.6 is 15.9 Å². The molecule has 0 radical (unpaired) electrons. The van der Waals surface area contributed by atoms with E-state index in [-0.39, 0.29) is 6.61 Å². The molecule has 0 aliphatic heterocycles. The molecule has 0 saturated carbocycles. The van der Waals surface area contributed by atoms with Gasteiger partial charge in [0.25, 0.3) is 10.2 Å². The average Bonchev–Trinajstić information content (AvgIpc) is 2.29. The molecule has 1 unspecified atom stereocenters. The first kappa shape index (κ1) is 15.6. The van der Waals surface area contributed by atoms with Crippen LogP contribution in [-0.2, 0) is 10.2 Å². The van der Waals surface area contributed by atoms with Gasteiger partial charge in [-0.3, -0.25) is 0 Å². The van der Waals surface area contributed by atoms with Gasteiger partial charge in [0.1, 0.15) is 0 Å². The molecule has 0 aliphatic carbocycles. The van der Waals surface area contributed by atoms with E-state index in [9.17, 15) is 13.5 Å².